The molecule has 8 heteroatoms. The number of carbonyl (C=O) groups excluding carboxylic acids is 1. The van der Waals surface area contributed by atoms with Crippen LogP contribution in [-0.2, 0) is 17.9 Å². The number of aromatic nitrogens is 1. The molecule has 0 unspecified atom stereocenters. The lowest BCUT2D eigenvalue weighted by Crippen LogP contribution is -2.55. The molecule has 208 valence electrons. The van der Waals surface area contributed by atoms with Crippen LogP contribution in [-0.4, -0.2) is 64.9 Å². The minimum Gasteiger partial charge on any atom is -0.486 e. The van der Waals surface area contributed by atoms with E-state index >= 15 is 0 Å². The Morgan fingerprint density at radius 2 is 1.72 bits per heavy atom. The van der Waals surface area contributed by atoms with E-state index in [0.717, 1.165) is 60.3 Å². The molecule has 5 rings (SSSR count). The Hall–Kier alpha value is -3.52. The van der Waals surface area contributed by atoms with Crippen LogP contribution < -0.4 is 15.0 Å². The molecule has 0 aliphatic carbocycles. The highest BCUT2D eigenvalue weighted by molar-refractivity contribution is 5.79. The van der Waals surface area contributed by atoms with Crippen molar-refractivity contribution in [2.75, 3.05) is 32.8 Å². The maximum atomic E-state index is 13.3. The van der Waals surface area contributed by atoms with E-state index in [4.69, 9.17) is 14.2 Å². The number of piperidine rings is 1. The van der Waals surface area contributed by atoms with Gasteiger partial charge in [-0.25, -0.2) is 4.79 Å². The third kappa shape index (κ3) is 6.06. The lowest BCUT2D eigenvalue weighted by Gasteiger charge is -2.44. The number of hydrogen-bond acceptors (Lipinski definition) is 6. The molecule has 0 bridgehead atoms. The second kappa shape index (κ2) is 11.3. The molecule has 0 atom stereocenters. The summed E-state index contributed by atoms with van der Waals surface area (Å²) in [7, 11) is 0. The van der Waals surface area contributed by atoms with Crippen molar-refractivity contribution in [3.05, 3.63) is 70.0 Å². The number of fused-ring (bicyclic) bond motifs is 2. The molecular formula is C31H39N3O5. The van der Waals surface area contributed by atoms with Gasteiger partial charge < -0.3 is 28.6 Å². The Balaban J connectivity index is 1.19. The van der Waals surface area contributed by atoms with Crippen LogP contribution >= 0.6 is 0 Å². The van der Waals surface area contributed by atoms with E-state index in [1.165, 1.54) is 0 Å². The molecule has 1 aromatic heterocycles. The summed E-state index contributed by atoms with van der Waals surface area (Å²) in [5.74, 6) is 1.41. The second-order valence-corrected chi connectivity index (χ2v) is 11.5. The van der Waals surface area contributed by atoms with E-state index in [-0.39, 0.29) is 29.8 Å². The zero-order valence-corrected chi connectivity index (χ0v) is 23.4. The van der Waals surface area contributed by atoms with Crippen LogP contribution in [0.3, 0.4) is 0 Å². The zero-order chi connectivity index (χ0) is 27.6. The molecule has 2 aliphatic rings. The van der Waals surface area contributed by atoms with Crippen LogP contribution in [0.2, 0.25) is 0 Å². The van der Waals surface area contributed by atoms with E-state index in [9.17, 15) is 9.59 Å². The number of carbonyl (C=O) groups is 1. The van der Waals surface area contributed by atoms with E-state index in [2.05, 4.69) is 31.7 Å². The van der Waals surface area contributed by atoms with Crippen LogP contribution in [0.25, 0.3) is 10.9 Å². The lowest BCUT2D eigenvalue weighted by molar-refractivity contribution is 0.0196. The average Bonchev–Trinajstić information content (AvgIpc) is 2.92. The normalized spacial score (nSPS) is 16.3. The van der Waals surface area contributed by atoms with Crippen LogP contribution in [0.5, 0.6) is 11.5 Å². The third-order valence-electron chi connectivity index (χ3n) is 7.63. The van der Waals surface area contributed by atoms with Crippen molar-refractivity contribution in [2.45, 2.75) is 65.3 Å². The number of rotatable bonds is 6. The Morgan fingerprint density at radius 3 is 2.46 bits per heavy atom. The Kier molecular flexibility index (Phi) is 7.84. The molecule has 3 aromatic rings. The van der Waals surface area contributed by atoms with Crippen molar-refractivity contribution in [1.82, 2.24) is 14.4 Å². The molecule has 1 saturated heterocycles. The summed E-state index contributed by atoms with van der Waals surface area (Å²) in [6.45, 7) is 12.5. The van der Waals surface area contributed by atoms with Crippen LogP contribution in [0.1, 0.15) is 44.7 Å². The number of benzene rings is 2. The fourth-order valence-electron chi connectivity index (χ4n) is 5.70. The molecule has 8 nitrogen and oxygen atoms in total. The van der Waals surface area contributed by atoms with E-state index in [1.807, 2.05) is 58.9 Å². The summed E-state index contributed by atoms with van der Waals surface area (Å²) in [4.78, 5) is 30.5. The smallest absolute Gasteiger partial charge is 0.410 e. The molecule has 1 fully saturated rings. The summed E-state index contributed by atoms with van der Waals surface area (Å²) in [5, 5.41) is 1.09. The van der Waals surface area contributed by atoms with Crippen molar-refractivity contribution in [1.29, 1.82) is 0 Å². The number of hydrogen-bond donors (Lipinski definition) is 0. The summed E-state index contributed by atoms with van der Waals surface area (Å²) >= 11 is 0. The number of para-hydroxylation sites is 1. The van der Waals surface area contributed by atoms with Gasteiger partial charge in [-0.3, -0.25) is 4.79 Å². The summed E-state index contributed by atoms with van der Waals surface area (Å²) in [5.41, 5.74) is 2.31. The maximum Gasteiger partial charge on any atom is 0.410 e. The fraction of sp³-hybridized carbons (Fsp3) is 0.484. The van der Waals surface area contributed by atoms with Crippen molar-refractivity contribution in [2.24, 2.45) is 0 Å². The zero-order valence-electron chi connectivity index (χ0n) is 23.4. The van der Waals surface area contributed by atoms with Gasteiger partial charge in [-0.1, -0.05) is 24.3 Å². The van der Waals surface area contributed by atoms with E-state index in [0.29, 0.717) is 25.5 Å². The Morgan fingerprint density at radius 1 is 1.00 bits per heavy atom. The standard InChI is InChI=1S/C31H39N3O5/c1-22-19-24-7-5-6-8-26(24)33(29(22)35)16-15-32-13-11-25(12-14-32)34(31(2,3)4)30(36)39-21-23-9-10-27-28(20-23)38-18-17-37-27/h5-10,19-20,25H,11-18,21H2,1-4H3. The Labute approximate surface area is 230 Å². The Bertz CT molecular complexity index is 1390. The number of ether oxygens (including phenoxy) is 3. The third-order valence-corrected chi connectivity index (χ3v) is 7.63. The first kappa shape index (κ1) is 27.1. The molecule has 0 radical (unpaired) electrons. The summed E-state index contributed by atoms with van der Waals surface area (Å²) < 4.78 is 18.9. The first-order chi connectivity index (χ1) is 18.7. The molecule has 3 heterocycles. The van der Waals surface area contributed by atoms with Gasteiger partial charge in [0.15, 0.2) is 11.5 Å². The molecule has 0 saturated carbocycles. The van der Waals surface area contributed by atoms with Gasteiger partial charge in [-0.05, 0) is 75.8 Å². The van der Waals surface area contributed by atoms with E-state index in [1.54, 1.807) is 0 Å². The average molecular weight is 534 g/mol. The van der Waals surface area contributed by atoms with Crippen LogP contribution in [0, 0.1) is 6.92 Å². The first-order valence-electron chi connectivity index (χ1n) is 13.9. The minimum absolute atomic E-state index is 0.0725. The SMILES string of the molecule is Cc1cc2ccccc2n(CCN2CCC(N(C(=O)OCc3ccc4c(c3)OCCO4)C(C)(C)C)CC2)c1=O. The van der Waals surface area contributed by atoms with Gasteiger partial charge in [0.25, 0.3) is 5.56 Å². The van der Waals surface area contributed by atoms with E-state index < -0.39 is 0 Å². The predicted molar refractivity (Wildman–Crippen MR) is 152 cm³/mol. The molecule has 0 N–H and O–H groups in total. The topological polar surface area (TPSA) is 73.2 Å². The maximum absolute atomic E-state index is 13.3. The number of pyridine rings is 1. The lowest BCUT2D eigenvalue weighted by atomic mass is 9.97. The van der Waals surface area contributed by atoms with Crippen molar-refractivity contribution >= 4 is 17.0 Å². The van der Waals surface area contributed by atoms with Crippen LogP contribution in [0.4, 0.5) is 4.79 Å². The minimum atomic E-state index is -0.371. The van der Waals surface area contributed by atoms with Gasteiger partial charge in [0.05, 0.1) is 5.52 Å². The van der Waals surface area contributed by atoms with Gasteiger partial charge in [0.1, 0.15) is 19.8 Å². The van der Waals surface area contributed by atoms with Crippen molar-refractivity contribution in [3.8, 4) is 11.5 Å². The first-order valence-corrected chi connectivity index (χ1v) is 13.9. The van der Waals surface area contributed by atoms with Gasteiger partial charge >= 0.3 is 6.09 Å². The predicted octanol–water partition coefficient (Wildman–Crippen LogP) is 4.98. The highest BCUT2D eigenvalue weighted by Crippen LogP contribution is 2.31. The molecule has 2 aromatic carbocycles. The number of nitrogens with zero attached hydrogens (tertiary/aromatic N) is 3. The summed E-state index contributed by atoms with van der Waals surface area (Å²) in [6.07, 6.45) is 1.42. The molecular weight excluding hydrogens is 494 g/mol. The molecule has 1 amide bonds. The van der Waals surface area contributed by atoms with Crippen molar-refractivity contribution < 1.29 is 19.0 Å². The number of likely N-dealkylation sites (tertiary alicyclic amines) is 1. The number of aryl methyl sites for hydroxylation is 1. The van der Waals surface area contributed by atoms with Gasteiger partial charge in [0.2, 0.25) is 0 Å². The highest BCUT2D eigenvalue weighted by Gasteiger charge is 2.36. The van der Waals surface area contributed by atoms with Gasteiger partial charge in [-0.2, -0.15) is 0 Å². The van der Waals surface area contributed by atoms with Gasteiger partial charge in [0, 0.05) is 43.3 Å². The molecule has 39 heavy (non-hydrogen) atoms. The fourth-order valence-corrected chi connectivity index (χ4v) is 5.70. The largest absolute Gasteiger partial charge is 0.486 e. The van der Waals surface area contributed by atoms with Gasteiger partial charge in [-0.15, -0.1) is 0 Å². The monoisotopic (exact) mass is 533 g/mol. The van der Waals surface area contributed by atoms with Crippen LogP contribution in [0.15, 0.2) is 53.3 Å². The quantitative estimate of drug-likeness (QED) is 0.445. The molecule has 2 aliphatic heterocycles. The summed E-state index contributed by atoms with van der Waals surface area (Å²) in [6, 6.07) is 15.8. The number of amides is 1. The second-order valence-electron chi connectivity index (χ2n) is 11.5. The molecule has 0 spiro atoms. The highest BCUT2D eigenvalue weighted by atomic mass is 16.6. The van der Waals surface area contributed by atoms with Crippen molar-refractivity contribution in [3.63, 3.8) is 0 Å².